The van der Waals surface area contributed by atoms with Gasteiger partial charge in [0.2, 0.25) is 11.8 Å². The lowest BCUT2D eigenvalue weighted by molar-refractivity contribution is -0.149. The average molecular weight is 459 g/mol. The number of aromatic amines is 1. The van der Waals surface area contributed by atoms with Gasteiger partial charge in [0, 0.05) is 21.6 Å². The Labute approximate surface area is 184 Å². The summed E-state index contributed by atoms with van der Waals surface area (Å²) in [5, 5.41) is 20.6. The van der Waals surface area contributed by atoms with E-state index in [-0.39, 0.29) is 45.5 Å². The van der Waals surface area contributed by atoms with Crippen LogP contribution in [0.25, 0.3) is 0 Å². The number of carbonyl (C=O) groups is 3. The number of aromatic nitrogens is 1. The van der Waals surface area contributed by atoms with E-state index >= 15 is 0 Å². The number of benzene rings is 1. The van der Waals surface area contributed by atoms with E-state index in [4.69, 9.17) is 5.11 Å². The summed E-state index contributed by atoms with van der Waals surface area (Å²) in [5.41, 5.74) is 0.720. The van der Waals surface area contributed by atoms with Crippen molar-refractivity contribution in [2.45, 2.75) is 22.6 Å². The van der Waals surface area contributed by atoms with E-state index in [0.29, 0.717) is 0 Å². The van der Waals surface area contributed by atoms with Crippen LogP contribution in [0.3, 0.4) is 0 Å². The quantitative estimate of drug-likeness (QED) is 0.597. The molecule has 6 rings (SSSR count). The number of carboxylic acids is 1. The molecular formula is C21H18N2O6S2. The number of amides is 2. The van der Waals surface area contributed by atoms with Gasteiger partial charge < -0.3 is 15.2 Å². The smallest absolute Gasteiger partial charge is 0.323 e. The van der Waals surface area contributed by atoms with Crippen molar-refractivity contribution in [3.63, 3.8) is 0 Å². The maximum atomic E-state index is 13.1. The number of thioether (sulfide) groups is 1. The molecule has 2 aliphatic heterocycles. The molecule has 2 amide bonds. The predicted octanol–water partition coefficient (Wildman–Crippen LogP) is 1.70. The fourth-order valence-electron chi connectivity index (χ4n) is 6.47. The van der Waals surface area contributed by atoms with Crippen LogP contribution in [0.15, 0.2) is 34.1 Å². The fraction of sp³-hybridized carbons (Fsp3) is 0.429. The van der Waals surface area contributed by atoms with Gasteiger partial charge in [-0.1, -0.05) is 29.5 Å². The number of thiazole rings is 1. The number of aromatic hydroxyl groups is 1. The molecule has 3 fully saturated rings. The van der Waals surface area contributed by atoms with Gasteiger partial charge in [-0.05, 0) is 30.2 Å². The molecule has 3 N–H and O–H groups in total. The molecule has 4 aliphatic rings. The monoisotopic (exact) mass is 458 g/mol. The van der Waals surface area contributed by atoms with Crippen molar-refractivity contribution < 1.29 is 24.6 Å². The van der Waals surface area contributed by atoms with Crippen LogP contribution in [0.1, 0.15) is 22.8 Å². The number of rotatable bonds is 3. The molecule has 0 spiro atoms. The molecule has 1 aromatic carbocycles. The molecule has 1 saturated heterocycles. The minimum Gasteiger partial charge on any atom is -0.508 e. The first kappa shape index (κ1) is 19.1. The first-order valence-electron chi connectivity index (χ1n) is 10.1. The standard InChI is InChI=1S/C21H18N2O6S2/c24-10-4-2-1-3-7(10)12-13-8-5-9(16(13)30-18-17(12)31-21(29)22-18)15-14(8)19(27)23(20(15)28)6-11(25)26/h1-4,8-9,12-16,24H,5-6H2,(H,22,29)(H,25,26)/t8-,9-,12-,13+,14+,15+,16-/m1/s1. The van der Waals surface area contributed by atoms with Crippen LogP contribution in [-0.4, -0.2) is 49.7 Å². The number of phenols is 1. The van der Waals surface area contributed by atoms with Gasteiger partial charge in [-0.15, -0.1) is 11.8 Å². The number of fused-ring (bicyclic) bond motifs is 9. The van der Waals surface area contributed by atoms with E-state index in [1.54, 1.807) is 23.9 Å². The molecule has 2 bridgehead atoms. The highest BCUT2D eigenvalue weighted by Crippen LogP contribution is 2.68. The Hall–Kier alpha value is -2.59. The summed E-state index contributed by atoms with van der Waals surface area (Å²) < 4.78 is 0. The Morgan fingerprint density at radius 2 is 1.84 bits per heavy atom. The molecule has 7 atom stereocenters. The summed E-state index contributed by atoms with van der Waals surface area (Å²) in [6.45, 7) is -0.601. The van der Waals surface area contributed by atoms with E-state index in [0.717, 1.165) is 38.1 Å². The number of nitrogens with one attached hydrogen (secondary N) is 1. The van der Waals surface area contributed by atoms with Crippen molar-refractivity contribution in [1.82, 2.24) is 9.88 Å². The summed E-state index contributed by atoms with van der Waals surface area (Å²) in [6.07, 6.45) is 0.722. The zero-order chi connectivity index (χ0) is 21.6. The zero-order valence-electron chi connectivity index (χ0n) is 16.1. The Kier molecular flexibility index (Phi) is 3.98. The Morgan fingerprint density at radius 1 is 1.13 bits per heavy atom. The molecule has 2 aliphatic carbocycles. The number of carbonyl (C=O) groups excluding carboxylic acids is 2. The summed E-state index contributed by atoms with van der Waals surface area (Å²) in [7, 11) is 0. The normalized spacial score (nSPS) is 35.2. The molecule has 0 radical (unpaired) electrons. The molecular weight excluding hydrogens is 440 g/mol. The van der Waals surface area contributed by atoms with E-state index < -0.39 is 30.3 Å². The number of hydrogen-bond acceptors (Lipinski definition) is 7. The van der Waals surface area contributed by atoms with Crippen LogP contribution in [0.4, 0.5) is 0 Å². The summed E-state index contributed by atoms with van der Waals surface area (Å²) >= 11 is 2.69. The minimum absolute atomic E-state index is 0.00938. The number of carboxylic acid groups (broad SMARTS) is 1. The number of likely N-dealkylation sites (tertiary alicyclic amines) is 1. The van der Waals surface area contributed by atoms with Crippen molar-refractivity contribution in [2.75, 3.05) is 6.54 Å². The highest BCUT2D eigenvalue weighted by molar-refractivity contribution is 8.00. The molecule has 10 heteroatoms. The van der Waals surface area contributed by atoms with Crippen LogP contribution in [-0.2, 0) is 14.4 Å². The first-order chi connectivity index (χ1) is 14.9. The molecule has 31 heavy (non-hydrogen) atoms. The van der Waals surface area contributed by atoms with Crippen molar-refractivity contribution in [1.29, 1.82) is 0 Å². The summed E-state index contributed by atoms with van der Waals surface area (Å²) in [4.78, 5) is 54.0. The summed E-state index contributed by atoms with van der Waals surface area (Å²) in [5.74, 6) is -3.29. The number of phenolic OH excluding ortho intramolecular Hbond substituents is 1. The number of aliphatic carboxylic acids is 1. The minimum atomic E-state index is -1.20. The number of imide groups is 1. The van der Waals surface area contributed by atoms with Gasteiger partial charge in [0.15, 0.2) is 0 Å². The van der Waals surface area contributed by atoms with Crippen molar-refractivity contribution in [3.8, 4) is 5.75 Å². The Bertz CT molecular complexity index is 1200. The third-order valence-electron chi connectivity index (χ3n) is 7.38. The van der Waals surface area contributed by atoms with Gasteiger partial charge in [-0.2, -0.15) is 0 Å². The number of para-hydroxylation sites is 1. The van der Waals surface area contributed by atoms with Crippen molar-refractivity contribution in [3.05, 3.63) is 44.4 Å². The van der Waals surface area contributed by atoms with Crippen LogP contribution in [0, 0.1) is 29.6 Å². The largest absolute Gasteiger partial charge is 0.508 e. The SMILES string of the molecule is O=C(O)CN1C(=O)[C@H]2[C@H]3C[C@@H]([C@@H]2C1=O)[C@H]1[C@@H](c2ccccc2O)c2sc(=O)[nH]c2S[C@H]31. The van der Waals surface area contributed by atoms with Crippen LogP contribution in [0.5, 0.6) is 5.75 Å². The van der Waals surface area contributed by atoms with Gasteiger partial charge >= 0.3 is 10.8 Å². The van der Waals surface area contributed by atoms with Gasteiger partial charge in [-0.25, -0.2) is 0 Å². The highest BCUT2D eigenvalue weighted by Gasteiger charge is 2.69. The maximum Gasteiger partial charge on any atom is 0.323 e. The first-order valence-corrected chi connectivity index (χ1v) is 11.8. The van der Waals surface area contributed by atoms with Gasteiger partial charge in [0.25, 0.3) is 0 Å². The van der Waals surface area contributed by atoms with Crippen molar-refractivity contribution in [2.24, 2.45) is 29.6 Å². The van der Waals surface area contributed by atoms with E-state index in [2.05, 4.69) is 4.98 Å². The number of nitrogens with zero attached hydrogens (tertiary/aromatic N) is 1. The Morgan fingerprint density at radius 3 is 2.55 bits per heavy atom. The predicted molar refractivity (Wildman–Crippen MR) is 111 cm³/mol. The highest BCUT2D eigenvalue weighted by atomic mass is 32.2. The molecule has 160 valence electrons. The number of H-pyrrole nitrogens is 1. The number of hydrogen-bond donors (Lipinski definition) is 3. The lowest BCUT2D eigenvalue weighted by Gasteiger charge is -2.43. The fourth-order valence-corrected chi connectivity index (χ4v) is 9.35. The third kappa shape index (κ3) is 2.48. The van der Waals surface area contributed by atoms with Gasteiger partial charge in [0.05, 0.1) is 16.9 Å². The molecule has 2 saturated carbocycles. The molecule has 1 aromatic heterocycles. The van der Waals surface area contributed by atoms with Gasteiger partial charge in [-0.3, -0.25) is 24.1 Å². The Balaban J connectivity index is 1.47. The van der Waals surface area contributed by atoms with E-state index in [1.807, 2.05) is 12.1 Å². The lowest BCUT2D eigenvalue weighted by atomic mass is 9.68. The summed E-state index contributed by atoms with van der Waals surface area (Å²) in [6, 6.07) is 7.06. The van der Waals surface area contributed by atoms with Crippen LogP contribution < -0.4 is 4.87 Å². The van der Waals surface area contributed by atoms with E-state index in [9.17, 15) is 24.3 Å². The molecule has 3 heterocycles. The average Bonchev–Trinajstić information content (AvgIpc) is 3.44. The van der Waals surface area contributed by atoms with E-state index in [1.165, 1.54) is 0 Å². The zero-order valence-corrected chi connectivity index (χ0v) is 17.7. The topological polar surface area (TPSA) is 128 Å². The third-order valence-corrected chi connectivity index (χ3v) is 9.97. The second kappa shape index (κ2) is 6.46. The molecule has 2 aromatic rings. The van der Waals surface area contributed by atoms with Gasteiger partial charge in [0.1, 0.15) is 12.3 Å². The lowest BCUT2D eigenvalue weighted by Crippen LogP contribution is -2.42. The van der Waals surface area contributed by atoms with Crippen LogP contribution in [0.2, 0.25) is 0 Å². The second-order valence-corrected chi connectivity index (χ2v) is 10.9. The maximum absolute atomic E-state index is 13.1. The van der Waals surface area contributed by atoms with Crippen LogP contribution >= 0.6 is 23.1 Å². The molecule has 0 unspecified atom stereocenters. The molecule has 8 nitrogen and oxygen atoms in total. The second-order valence-electron chi connectivity index (χ2n) is 8.68. The van der Waals surface area contributed by atoms with Crippen molar-refractivity contribution >= 4 is 40.9 Å².